The van der Waals surface area contributed by atoms with Gasteiger partial charge in [-0.25, -0.2) is 0 Å². The van der Waals surface area contributed by atoms with Crippen molar-refractivity contribution in [3.05, 3.63) is 35.9 Å². The minimum Gasteiger partial charge on any atom is -0.395 e. The van der Waals surface area contributed by atoms with Crippen LogP contribution in [0.1, 0.15) is 25.3 Å². The van der Waals surface area contributed by atoms with Crippen LogP contribution in [0.4, 0.5) is 0 Å². The molecule has 1 aliphatic heterocycles. The number of hydrogen-bond donors (Lipinski definition) is 1. The van der Waals surface area contributed by atoms with Crippen molar-refractivity contribution in [2.75, 3.05) is 46.9 Å². The normalized spacial score (nSPS) is 20.6. The molecular formula is C18H30N2O. The van der Waals surface area contributed by atoms with Crippen LogP contribution in [0, 0.1) is 5.92 Å². The van der Waals surface area contributed by atoms with Crippen molar-refractivity contribution in [2.45, 2.75) is 25.2 Å². The Balaban J connectivity index is 1.92. The molecule has 1 aromatic carbocycles. The first-order valence-corrected chi connectivity index (χ1v) is 8.07. The van der Waals surface area contributed by atoms with E-state index >= 15 is 0 Å². The molecule has 1 atom stereocenters. The summed E-state index contributed by atoms with van der Waals surface area (Å²) in [5, 5.41) is 9.89. The highest BCUT2D eigenvalue weighted by atomic mass is 16.3. The lowest BCUT2D eigenvalue weighted by Crippen LogP contribution is -2.43. The summed E-state index contributed by atoms with van der Waals surface area (Å²) in [6.07, 6.45) is 2.59. The van der Waals surface area contributed by atoms with E-state index in [0.29, 0.717) is 0 Å². The highest BCUT2D eigenvalue weighted by Gasteiger charge is 2.28. The number of aliphatic hydroxyl groups excluding tert-OH is 1. The van der Waals surface area contributed by atoms with Gasteiger partial charge in [-0.1, -0.05) is 37.3 Å². The van der Waals surface area contributed by atoms with Gasteiger partial charge in [0, 0.05) is 18.5 Å². The maximum absolute atomic E-state index is 9.89. The summed E-state index contributed by atoms with van der Waals surface area (Å²) in [5.74, 6) is 0.796. The second-order valence-corrected chi connectivity index (χ2v) is 7.03. The Labute approximate surface area is 129 Å². The smallest absolute Gasteiger partial charge is 0.0537 e. The van der Waals surface area contributed by atoms with Crippen molar-refractivity contribution in [1.82, 2.24) is 9.80 Å². The van der Waals surface area contributed by atoms with E-state index in [0.717, 1.165) is 19.0 Å². The number of aliphatic hydroxyl groups is 1. The van der Waals surface area contributed by atoms with Crippen LogP contribution in [-0.4, -0.2) is 61.8 Å². The number of nitrogens with zero attached hydrogens (tertiary/aromatic N) is 2. The third-order valence-corrected chi connectivity index (χ3v) is 4.85. The molecule has 1 aromatic rings. The van der Waals surface area contributed by atoms with Gasteiger partial charge in [-0.05, 0) is 51.5 Å². The minimum atomic E-state index is -0.179. The van der Waals surface area contributed by atoms with E-state index in [-0.39, 0.29) is 12.0 Å². The molecule has 118 valence electrons. The standard InChI is InChI=1S/C18H30N2O/c1-18(15-21,17-7-5-4-6-8-17)14-20(3)13-16-9-11-19(2)12-10-16/h4-8,16,21H,9-15H2,1-3H3. The van der Waals surface area contributed by atoms with Crippen molar-refractivity contribution < 1.29 is 5.11 Å². The first-order valence-electron chi connectivity index (χ1n) is 8.07. The van der Waals surface area contributed by atoms with E-state index in [1.165, 1.54) is 31.5 Å². The summed E-state index contributed by atoms with van der Waals surface area (Å²) in [6.45, 7) is 6.82. The van der Waals surface area contributed by atoms with E-state index in [2.05, 4.69) is 55.1 Å². The van der Waals surface area contributed by atoms with Crippen molar-refractivity contribution in [1.29, 1.82) is 0 Å². The molecule has 0 radical (unpaired) electrons. The average Bonchev–Trinajstić information content (AvgIpc) is 2.50. The van der Waals surface area contributed by atoms with Crippen LogP contribution in [0.2, 0.25) is 0 Å². The highest BCUT2D eigenvalue weighted by molar-refractivity contribution is 5.25. The fraction of sp³-hybridized carbons (Fsp3) is 0.667. The minimum absolute atomic E-state index is 0.179. The lowest BCUT2D eigenvalue weighted by atomic mass is 9.82. The van der Waals surface area contributed by atoms with Crippen molar-refractivity contribution >= 4 is 0 Å². The molecule has 1 fully saturated rings. The third kappa shape index (κ3) is 4.53. The molecule has 1 aliphatic rings. The van der Waals surface area contributed by atoms with Gasteiger partial charge in [0.05, 0.1) is 6.61 Å². The van der Waals surface area contributed by atoms with E-state index in [4.69, 9.17) is 0 Å². The largest absolute Gasteiger partial charge is 0.395 e. The first kappa shape index (κ1) is 16.5. The monoisotopic (exact) mass is 290 g/mol. The number of benzene rings is 1. The van der Waals surface area contributed by atoms with Crippen LogP contribution in [0.25, 0.3) is 0 Å². The lowest BCUT2D eigenvalue weighted by Gasteiger charge is -2.36. The van der Waals surface area contributed by atoms with E-state index in [9.17, 15) is 5.11 Å². The van der Waals surface area contributed by atoms with Crippen LogP contribution in [0.5, 0.6) is 0 Å². The molecule has 0 amide bonds. The Morgan fingerprint density at radius 2 is 1.86 bits per heavy atom. The molecule has 1 heterocycles. The van der Waals surface area contributed by atoms with Gasteiger partial charge in [0.1, 0.15) is 0 Å². The summed E-state index contributed by atoms with van der Waals surface area (Å²) in [6, 6.07) is 10.4. The van der Waals surface area contributed by atoms with Gasteiger partial charge in [0.2, 0.25) is 0 Å². The van der Waals surface area contributed by atoms with Gasteiger partial charge in [0.15, 0.2) is 0 Å². The Morgan fingerprint density at radius 3 is 2.43 bits per heavy atom. The topological polar surface area (TPSA) is 26.7 Å². The molecule has 0 aliphatic carbocycles. The molecule has 3 nitrogen and oxygen atoms in total. The van der Waals surface area contributed by atoms with Crippen LogP contribution in [0.3, 0.4) is 0 Å². The summed E-state index contributed by atoms with van der Waals surface area (Å²) in [4.78, 5) is 4.82. The maximum Gasteiger partial charge on any atom is 0.0537 e. The van der Waals surface area contributed by atoms with Crippen LogP contribution < -0.4 is 0 Å². The average molecular weight is 290 g/mol. The Kier molecular flexibility index (Phi) is 5.80. The molecular weight excluding hydrogens is 260 g/mol. The van der Waals surface area contributed by atoms with Crippen LogP contribution >= 0.6 is 0 Å². The van der Waals surface area contributed by atoms with Crippen molar-refractivity contribution in [2.24, 2.45) is 5.92 Å². The molecule has 0 saturated carbocycles. The Morgan fingerprint density at radius 1 is 1.24 bits per heavy atom. The molecule has 1 saturated heterocycles. The molecule has 1 N–H and O–H groups in total. The molecule has 0 spiro atoms. The fourth-order valence-electron chi connectivity index (χ4n) is 3.42. The molecule has 2 rings (SSSR count). The van der Waals surface area contributed by atoms with Crippen LogP contribution in [0.15, 0.2) is 30.3 Å². The second-order valence-electron chi connectivity index (χ2n) is 7.03. The van der Waals surface area contributed by atoms with Crippen LogP contribution in [-0.2, 0) is 5.41 Å². The van der Waals surface area contributed by atoms with Gasteiger partial charge in [-0.2, -0.15) is 0 Å². The maximum atomic E-state index is 9.89. The SMILES string of the molecule is CN1CCC(CN(C)CC(C)(CO)c2ccccc2)CC1. The zero-order valence-electron chi connectivity index (χ0n) is 13.8. The summed E-state index contributed by atoms with van der Waals surface area (Å²) < 4.78 is 0. The zero-order valence-corrected chi connectivity index (χ0v) is 13.8. The zero-order chi connectivity index (χ0) is 15.3. The Bertz CT molecular complexity index is 414. The summed E-state index contributed by atoms with van der Waals surface area (Å²) in [7, 11) is 4.40. The molecule has 3 heteroatoms. The quantitative estimate of drug-likeness (QED) is 0.870. The predicted molar refractivity (Wildman–Crippen MR) is 88.6 cm³/mol. The summed E-state index contributed by atoms with van der Waals surface area (Å²) >= 11 is 0. The predicted octanol–water partition coefficient (Wildman–Crippen LogP) is 2.21. The third-order valence-electron chi connectivity index (χ3n) is 4.85. The molecule has 1 unspecified atom stereocenters. The molecule has 0 bridgehead atoms. The van der Waals surface area contributed by atoms with Gasteiger partial charge < -0.3 is 14.9 Å². The van der Waals surface area contributed by atoms with Gasteiger partial charge in [0.25, 0.3) is 0 Å². The number of piperidine rings is 1. The fourth-order valence-corrected chi connectivity index (χ4v) is 3.42. The highest BCUT2D eigenvalue weighted by Crippen LogP contribution is 2.25. The number of likely N-dealkylation sites (tertiary alicyclic amines) is 1. The first-order chi connectivity index (χ1) is 10.0. The van der Waals surface area contributed by atoms with Gasteiger partial charge >= 0.3 is 0 Å². The second kappa shape index (κ2) is 7.39. The molecule has 21 heavy (non-hydrogen) atoms. The van der Waals surface area contributed by atoms with Gasteiger partial charge in [-0.15, -0.1) is 0 Å². The number of rotatable bonds is 6. The van der Waals surface area contributed by atoms with Crippen molar-refractivity contribution in [3.63, 3.8) is 0 Å². The number of hydrogen-bond acceptors (Lipinski definition) is 3. The Hall–Kier alpha value is -0.900. The van der Waals surface area contributed by atoms with E-state index in [1.54, 1.807) is 0 Å². The van der Waals surface area contributed by atoms with E-state index in [1.807, 2.05) is 6.07 Å². The summed E-state index contributed by atoms with van der Waals surface area (Å²) in [5.41, 5.74) is 1.05. The number of likely N-dealkylation sites (N-methyl/N-ethyl adjacent to an activating group) is 1. The lowest BCUT2D eigenvalue weighted by molar-refractivity contribution is 0.130. The van der Waals surface area contributed by atoms with Gasteiger partial charge in [-0.3, -0.25) is 0 Å². The van der Waals surface area contributed by atoms with Crippen molar-refractivity contribution in [3.8, 4) is 0 Å². The van der Waals surface area contributed by atoms with E-state index < -0.39 is 0 Å². The molecule has 0 aromatic heterocycles.